The van der Waals surface area contributed by atoms with Crippen LogP contribution in [0.25, 0.3) is 0 Å². The number of rotatable bonds is 2. The number of aliphatic imine (C=N–C) groups is 1. The first-order valence-electron chi connectivity index (χ1n) is 5.62. The lowest BCUT2D eigenvalue weighted by molar-refractivity contribution is 0.395. The summed E-state index contributed by atoms with van der Waals surface area (Å²) in [6.07, 6.45) is 0. The van der Waals surface area contributed by atoms with Crippen molar-refractivity contribution in [2.75, 3.05) is 14.2 Å². The lowest BCUT2D eigenvalue weighted by Gasteiger charge is -2.04. The number of hydrogen-bond donors (Lipinski definition) is 1. The fourth-order valence-electron chi connectivity index (χ4n) is 0.824. The lowest BCUT2D eigenvalue weighted by atomic mass is 10.3. The van der Waals surface area contributed by atoms with Gasteiger partial charge in [-0.1, -0.05) is 27.7 Å². The molecular formula is C12H22BrN3O. The molecule has 0 atom stereocenters. The normalized spacial score (nSPS) is 9.47. The van der Waals surface area contributed by atoms with Crippen LogP contribution in [0.5, 0.6) is 5.88 Å². The van der Waals surface area contributed by atoms with Crippen molar-refractivity contribution in [1.29, 1.82) is 0 Å². The Bertz CT molecular complexity index is 341. The predicted molar refractivity (Wildman–Crippen MR) is 77.8 cm³/mol. The number of amidine groups is 1. The van der Waals surface area contributed by atoms with Gasteiger partial charge in [0.1, 0.15) is 11.5 Å². The van der Waals surface area contributed by atoms with Gasteiger partial charge in [0.2, 0.25) is 5.88 Å². The fraction of sp³-hybridized carbons (Fsp3) is 0.500. The Morgan fingerprint density at radius 2 is 1.82 bits per heavy atom. The molecule has 0 bridgehead atoms. The van der Waals surface area contributed by atoms with Gasteiger partial charge in [-0.25, -0.2) is 4.98 Å². The smallest absolute Gasteiger partial charge is 0.228 e. The molecule has 1 aromatic rings. The molecule has 98 valence electrons. The predicted octanol–water partition coefficient (Wildman–Crippen LogP) is 3.24. The zero-order valence-electron chi connectivity index (χ0n) is 11.4. The zero-order chi connectivity index (χ0) is 13.8. The summed E-state index contributed by atoms with van der Waals surface area (Å²) in [5.74, 6) is 0.898. The lowest BCUT2D eigenvalue weighted by Crippen LogP contribution is -2.15. The van der Waals surface area contributed by atoms with Crippen LogP contribution in [-0.4, -0.2) is 25.0 Å². The number of methoxy groups -OCH3 is 1. The van der Waals surface area contributed by atoms with Crippen LogP contribution in [0.4, 0.5) is 0 Å². The molecule has 0 aliphatic heterocycles. The van der Waals surface area contributed by atoms with Crippen LogP contribution in [-0.2, 0) is 0 Å². The van der Waals surface area contributed by atoms with Gasteiger partial charge in [-0.2, -0.15) is 0 Å². The minimum Gasteiger partial charge on any atom is -0.480 e. The molecule has 0 aliphatic carbocycles. The monoisotopic (exact) mass is 303 g/mol. The Balaban J connectivity index is 0. The second-order valence-electron chi connectivity index (χ2n) is 2.30. The third-order valence-corrected chi connectivity index (χ3v) is 2.11. The van der Waals surface area contributed by atoms with E-state index in [4.69, 9.17) is 10.5 Å². The molecule has 1 aromatic heterocycles. The Kier molecular flexibility index (Phi) is 12.2. The van der Waals surface area contributed by atoms with Gasteiger partial charge in [0, 0.05) is 7.05 Å². The van der Waals surface area contributed by atoms with Crippen molar-refractivity contribution in [3.05, 3.63) is 22.3 Å². The summed E-state index contributed by atoms with van der Waals surface area (Å²) in [6, 6.07) is 3.59. The quantitative estimate of drug-likeness (QED) is 0.674. The van der Waals surface area contributed by atoms with E-state index in [0.29, 0.717) is 17.4 Å². The second-order valence-corrected chi connectivity index (χ2v) is 3.15. The van der Waals surface area contributed by atoms with E-state index in [9.17, 15) is 0 Å². The van der Waals surface area contributed by atoms with Gasteiger partial charge in [0.25, 0.3) is 0 Å². The van der Waals surface area contributed by atoms with Gasteiger partial charge in [-0.15, -0.1) is 0 Å². The first-order valence-corrected chi connectivity index (χ1v) is 6.41. The highest BCUT2D eigenvalue weighted by molar-refractivity contribution is 9.10. The topological polar surface area (TPSA) is 60.5 Å². The highest BCUT2D eigenvalue weighted by Gasteiger charge is 2.05. The number of ether oxygens (including phenoxy) is 1. The SMILES string of the molecule is CC.CC.CN=C(N)c1ccc(Br)c(OC)n1. The average molecular weight is 304 g/mol. The Morgan fingerprint density at radius 3 is 2.24 bits per heavy atom. The van der Waals surface area contributed by atoms with Gasteiger partial charge in [0.15, 0.2) is 0 Å². The molecule has 0 amide bonds. The van der Waals surface area contributed by atoms with Crippen LogP contribution in [0, 0.1) is 0 Å². The van der Waals surface area contributed by atoms with Crippen molar-refractivity contribution < 1.29 is 4.74 Å². The Labute approximate surface area is 112 Å². The molecule has 0 radical (unpaired) electrons. The molecule has 1 rings (SSSR count). The van der Waals surface area contributed by atoms with Crippen molar-refractivity contribution in [3.63, 3.8) is 0 Å². The van der Waals surface area contributed by atoms with Crippen LogP contribution in [0.15, 0.2) is 21.6 Å². The summed E-state index contributed by atoms with van der Waals surface area (Å²) in [5, 5.41) is 0. The van der Waals surface area contributed by atoms with Crippen LogP contribution in [0.2, 0.25) is 0 Å². The minimum absolute atomic E-state index is 0.394. The molecule has 0 aromatic carbocycles. The largest absolute Gasteiger partial charge is 0.480 e. The molecule has 2 N–H and O–H groups in total. The molecule has 5 heteroatoms. The maximum absolute atomic E-state index is 5.58. The third-order valence-electron chi connectivity index (χ3n) is 1.51. The Morgan fingerprint density at radius 1 is 1.29 bits per heavy atom. The van der Waals surface area contributed by atoms with Gasteiger partial charge in [-0.3, -0.25) is 4.99 Å². The summed E-state index contributed by atoms with van der Waals surface area (Å²) in [4.78, 5) is 7.96. The van der Waals surface area contributed by atoms with Crippen LogP contribution in [0.1, 0.15) is 33.4 Å². The molecule has 0 saturated carbocycles. The van der Waals surface area contributed by atoms with Crippen molar-refractivity contribution in [2.45, 2.75) is 27.7 Å². The summed E-state index contributed by atoms with van der Waals surface area (Å²) >= 11 is 3.29. The highest BCUT2D eigenvalue weighted by Crippen LogP contribution is 2.21. The van der Waals surface area contributed by atoms with Gasteiger partial charge >= 0.3 is 0 Å². The number of halogens is 1. The molecule has 0 spiro atoms. The maximum Gasteiger partial charge on any atom is 0.228 e. The molecule has 4 nitrogen and oxygen atoms in total. The van der Waals surface area contributed by atoms with Crippen molar-refractivity contribution in [1.82, 2.24) is 4.98 Å². The summed E-state index contributed by atoms with van der Waals surface area (Å²) < 4.78 is 5.81. The standard InChI is InChI=1S/C8H10BrN3O.2C2H6/c1-11-7(10)6-4-3-5(9)8(12-6)13-2;2*1-2/h3-4H,1-2H3,(H2,10,11);2*1-2H3. The molecule has 0 aliphatic rings. The average Bonchev–Trinajstić information content (AvgIpc) is 2.43. The van der Waals surface area contributed by atoms with E-state index >= 15 is 0 Å². The maximum atomic E-state index is 5.58. The Hall–Kier alpha value is -1.10. The van der Waals surface area contributed by atoms with Crippen LogP contribution in [0.3, 0.4) is 0 Å². The number of pyridine rings is 1. The molecule has 0 unspecified atom stereocenters. The second kappa shape index (κ2) is 11.4. The summed E-state index contributed by atoms with van der Waals surface area (Å²) in [6.45, 7) is 8.00. The zero-order valence-corrected chi connectivity index (χ0v) is 13.0. The van der Waals surface area contributed by atoms with E-state index in [1.807, 2.05) is 33.8 Å². The summed E-state index contributed by atoms with van der Waals surface area (Å²) in [5.41, 5.74) is 6.20. The molecular weight excluding hydrogens is 282 g/mol. The first-order chi connectivity index (χ1) is 8.19. The van der Waals surface area contributed by atoms with E-state index in [2.05, 4.69) is 25.9 Å². The number of hydrogen-bond acceptors (Lipinski definition) is 3. The van der Waals surface area contributed by atoms with Crippen LogP contribution >= 0.6 is 15.9 Å². The van der Waals surface area contributed by atoms with Gasteiger partial charge < -0.3 is 10.5 Å². The van der Waals surface area contributed by atoms with Gasteiger partial charge in [0.05, 0.1) is 11.6 Å². The van der Waals surface area contributed by atoms with E-state index in [1.165, 1.54) is 0 Å². The van der Waals surface area contributed by atoms with E-state index < -0.39 is 0 Å². The van der Waals surface area contributed by atoms with Crippen molar-refractivity contribution >= 4 is 21.8 Å². The molecule has 1 heterocycles. The molecule has 0 saturated heterocycles. The molecule has 17 heavy (non-hydrogen) atoms. The van der Waals surface area contributed by atoms with E-state index in [-0.39, 0.29) is 0 Å². The van der Waals surface area contributed by atoms with Crippen LogP contribution < -0.4 is 10.5 Å². The first kappa shape index (κ1) is 18.3. The molecule has 0 fully saturated rings. The van der Waals surface area contributed by atoms with Crippen molar-refractivity contribution in [2.24, 2.45) is 10.7 Å². The number of aromatic nitrogens is 1. The van der Waals surface area contributed by atoms with Crippen molar-refractivity contribution in [3.8, 4) is 5.88 Å². The van der Waals surface area contributed by atoms with Gasteiger partial charge in [-0.05, 0) is 28.1 Å². The minimum atomic E-state index is 0.394. The number of nitrogens with zero attached hydrogens (tertiary/aromatic N) is 2. The summed E-state index contributed by atoms with van der Waals surface area (Å²) in [7, 11) is 3.17. The third kappa shape index (κ3) is 6.26. The van der Waals surface area contributed by atoms with E-state index in [1.54, 1.807) is 20.2 Å². The fourth-order valence-corrected chi connectivity index (χ4v) is 1.21. The highest BCUT2D eigenvalue weighted by atomic mass is 79.9. The van der Waals surface area contributed by atoms with E-state index in [0.717, 1.165) is 4.47 Å². The number of nitrogens with two attached hydrogens (primary N) is 1.